The van der Waals surface area contributed by atoms with Gasteiger partial charge >= 0.3 is 0 Å². The Bertz CT molecular complexity index is 573. The quantitative estimate of drug-likeness (QED) is 0.876. The van der Waals surface area contributed by atoms with Crippen LogP contribution in [0.1, 0.15) is 13.3 Å². The predicted octanol–water partition coefficient (Wildman–Crippen LogP) is 2.98. The molecule has 0 aliphatic rings. The summed E-state index contributed by atoms with van der Waals surface area (Å²) in [6.07, 6.45) is 2.47. The van der Waals surface area contributed by atoms with E-state index in [1.807, 2.05) is 24.3 Å². The summed E-state index contributed by atoms with van der Waals surface area (Å²) in [5.74, 6) is 2.07. The number of hydrogen-bond acceptors (Lipinski definition) is 5. The molecule has 0 amide bonds. The van der Waals surface area contributed by atoms with E-state index in [0.29, 0.717) is 18.2 Å². The summed E-state index contributed by atoms with van der Waals surface area (Å²) in [5.41, 5.74) is 1.62. The summed E-state index contributed by atoms with van der Waals surface area (Å²) >= 11 is 0. The van der Waals surface area contributed by atoms with Crippen molar-refractivity contribution in [2.24, 2.45) is 0 Å². The molecule has 0 bridgehead atoms. The normalized spacial score (nSPS) is 10.2. The van der Waals surface area contributed by atoms with Crippen LogP contribution in [0.5, 0.6) is 11.5 Å². The smallest absolute Gasteiger partial charge is 0.187 e. The van der Waals surface area contributed by atoms with Crippen LogP contribution in [0.2, 0.25) is 0 Å². The van der Waals surface area contributed by atoms with Gasteiger partial charge in [0.05, 0.1) is 13.7 Å². The van der Waals surface area contributed by atoms with Crippen LogP contribution in [-0.4, -0.2) is 30.7 Å². The first-order valence-electron chi connectivity index (χ1n) is 6.60. The number of aromatic nitrogens is 2. The highest BCUT2D eigenvalue weighted by Crippen LogP contribution is 2.37. The number of nitrogens with one attached hydrogen (secondary N) is 1. The summed E-state index contributed by atoms with van der Waals surface area (Å²) < 4.78 is 11.2. The van der Waals surface area contributed by atoms with E-state index in [-0.39, 0.29) is 0 Å². The number of nitrogens with zero attached hydrogens (tertiary/aromatic N) is 2. The molecule has 0 aliphatic heterocycles. The molecule has 0 atom stereocenters. The number of rotatable bonds is 6. The Morgan fingerprint density at radius 1 is 1.20 bits per heavy atom. The van der Waals surface area contributed by atoms with E-state index in [1.165, 1.54) is 6.33 Å². The molecular weight excluding hydrogens is 254 g/mol. The highest BCUT2D eigenvalue weighted by molar-refractivity contribution is 5.76. The maximum absolute atomic E-state index is 5.78. The average Bonchev–Trinajstić information content (AvgIpc) is 2.52. The minimum Gasteiger partial charge on any atom is -0.493 e. The van der Waals surface area contributed by atoms with Crippen LogP contribution in [0, 0.1) is 0 Å². The Balaban J connectivity index is 2.51. The van der Waals surface area contributed by atoms with Crippen molar-refractivity contribution in [2.45, 2.75) is 13.3 Å². The Hall–Kier alpha value is -2.30. The van der Waals surface area contributed by atoms with Crippen LogP contribution < -0.4 is 14.8 Å². The predicted molar refractivity (Wildman–Crippen MR) is 79.4 cm³/mol. The lowest BCUT2D eigenvalue weighted by atomic mass is 10.1. The van der Waals surface area contributed by atoms with E-state index in [0.717, 1.165) is 23.4 Å². The van der Waals surface area contributed by atoms with E-state index in [9.17, 15) is 0 Å². The van der Waals surface area contributed by atoms with E-state index in [2.05, 4.69) is 22.2 Å². The van der Waals surface area contributed by atoms with E-state index >= 15 is 0 Å². The highest BCUT2D eigenvalue weighted by atomic mass is 16.5. The Labute approximate surface area is 119 Å². The van der Waals surface area contributed by atoms with Crippen molar-refractivity contribution >= 4 is 5.82 Å². The third kappa shape index (κ3) is 2.82. The fourth-order valence-electron chi connectivity index (χ4n) is 1.94. The maximum Gasteiger partial charge on any atom is 0.187 e. The van der Waals surface area contributed by atoms with Crippen molar-refractivity contribution in [2.75, 3.05) is 26.1 Å². The lowest BCUT2D eigenvalue weighted by Crippen LogP contribution is -2.02. The average molecular weight is 273 g/mol. The summed E-state index contributed by atoms with van der Waals surface area (Å²) in [6.45, 7) is 2.75. The lowest BCUT2D eigenvalue weighted by molar-refractivity contribution is 0.318. The van der Waals surface area contributed by atoms with Crippen molar-refractivity contribution < 1.29 is 9.47 Å². The monoisotopic (exact) mass is 273 g/mol. The molecule has 106 valence electrons. The molecular formula is C15H19N3O2. The first kappa shape index (κ1) is 14.1. The zero-order valence-corrected chi connectivity index (χ0v) is 12.0. The molecule has 5 nitrogen and oxygen atoms in total. The van der Waals surface area contributed by atoms with Crippen molar-refractivity contribution in [1.82, 2.24) is 9.97 Å². The number of para-hydroxylation sites is 1. The Morgan fingerprint density at radius 3 is 2.70 bits per heavy atom. The van der Waals surface area contributed by atoms with Gasteiger partial charge in [-0.15, -0.1) is 0 Å². The van der Waals surface area contributed by atoms with Gasteiger partial charge in [0, 0.05) is 12.6 Å². The molecule has 20 heavy (non-hydrogen) atoms. The van der Waals surface area contributed by atoms with Gasteiger partial charge in [-0.2, -0.15) is 0 Å². The third-order valence-electron chi connectivity index (χ3n) is 2.85. The second-order valence-electron chi connectivity index (χ2n) is 4.20. The molecule has 1 aromatic heterocycles. The Morgan fingerprint density at radius 2 is 2.00 bits per heavy atom. The number of hydrogen-bond donors (Lipinski definition) is 1. The van der Waals surface area contributed by atoms with Crippen LogP contribution >= 0.6 is 0 Å². The SMILES string of the molecule is CCCOc1ccccc1-c1ncnc(NC)c1OC. The van der Waals surface area contributed by atoms with Crippen LogP contribution in [0.15, 0.2) is 30.6 Å². The first-order valence-corrected chi connectivity index (χ1v) is 6.60. The fraction of sp³-hybridized carbons (Fsp3) is 0.333. The molecule has 1 aromatic carbocycles. The van der Waals surface area contributed by atoms with Crippen molar-refractivity contribution in [3.05, 3.63) is 30.6 Å². The van der Waals surface area contributed by atoms with Crippen LogP contribution in [0.25, 0.3) is 11.3 Å². The van der Waals surface area contributed by atoms with E-state index in [1.54, 1.807) is 14.2 Å². The zero-order valence-electron chi connectivity index (χ0n) is 12.0. The minimum absolute atomic E-state index is 0.613. The number of benzene rings is 1. The lowest BCUT2D eigenvalue weighted by Gasteiger charge is -2.14. The number of ether oxygens (including phenoxy) is 2. The Kier molecular flexibility index (Phi) is 4.76. The molecule has 1 heterocycles. The summed E-state index contributed by atoms with van der Waals surface area (Å²) in [7, 11) is 3.41. The molecule has 5 heteroatoms. The second kappa shape index (κ2) is 6.75. The summed E-state index contributed by atoms with van der Waals surface area (Å²) in [4.78, 5) is 8.50. The van der Waals surface area contributed by atoms with Crippen LogP contribution in [0.4, 0.5) is 5.82 Å². The largest absolute Gasteiger partial charge is 0.493 e. The zero-order chi connectivity index (χ0) is 14.4. The first-order chi connectivity index (χ1) is 9.81. The van der Waals surface area contributed by atoms with Gasteiger partial charge in [-0.1, -0.05) is 19.1 Å². The van der Waals surface area contributed by atoms with Gasteiger partial charge < -0.3 is 14.8 Å². The van der Waals surface area contributed by atoms with Gasteiger partial charge in [0.25, 0.3) is 0 Å². The molecule has 0 saturated heterocycles. The van der Waals surface area contributed by atoms with Crippen molar-refractivity contribution in [3.63, 3.8) is 0 Å². The van der Waals surface area contributed by atoms with Gasteiger partial charge in [-0.3, -0.25) is 0 Å². The molecule has 0 unspecified atom stereocenters. The van der Waals surface area contributed by atoms with Crippen molar-refractivity contribution in [3.8, 4) is 22.8 Å². The number of anilines is 1. The highest BCUT2D eigenvalue weighted by Gasteiger charge is 2.16. The maximum atomic E-state index is 5.78. The molecule has 0 spiro atoms. The third-order valence-corrected chi connectivity index (χ3v) is 2.85. The summed E-state index contributed by atoms with van der Waals surface area (Å²) in [5, 5.41) is 3.00. The van der Waals surface area contributed by atoms with Crippen LogP contribution in [0.3, 0.4) is 0 Å². The molecule has 0 saturated carbocycles. The minimum atomic E-state index is 0.613. The van der Waals surface area contributed by atoms with Gasteiger partial charge in [0.15, 0.2) is 11.6 Å². The molecule has 0 radical (unpaired) electrons. The van der Waals surface area contributed by atoms with Crippen molar-refractivity contribution in [1.29, 1.82) is 0 Å². The van der Waals surface area contributed by atoms with Gasteiger partial charge in [-0.25, -0.2) is 9.97 Å². The van der Waals surface area contributed by atoms with Gasteiger partial charge in [0.2, 0.25) is 0 Å². The van der Waals surface area contributed by atoms with Gasteiger partial charge in [0.1, 0.15) is 17.8 Å². The molecule has 0 aliphatic carbocycles. The molecule has 1 N–H and O–H groups in total. The molecule has 2 rings (SSSR count). The standard InChI is InChI=1S/C15H19N3O2/c1-4-9-20-12-8-6-5-7-11(12)13-14(19-3)15(16-2)18-10-17-13/h5-8,10H,4,9H2,1-3H3,(H,16,17,18). The van der Waals surface area contributed by atoms with Crippen LogP contribution in [-0.2, 0) is 0 Å². The number of methoxy groups -OCH3 is 1. The van der Waals surface area contributed by atoms with E-state index in [4.69, 9.17) is 9.47 Å². The summed E-state index contributed by atoms with van der Waals surface area (Å²) in [6, 6.07) is 7.80. The van der Waals surface area contributed by atoms with E-state index < -0.39 is 0 Å². The fourth-order valence-corrected chi connectivity index (χ4v) is 1.94. The topological polar surface area (TPSA) is 56.3 Å². The molecule has 0 fully saturated rings. The van der Waals surface area contributed by atoms with Gasteiger partial charge in [-0.05, 0) is 18.6 Å². The second-order valence-corrected chi connectivity index (χ2v) is 4.20. The molecule has 2 aromatic rings.